The Morgan fingerprint density at radius 2 is 1.29 bits per heavy atom. The molecule has 0 spiro atoms. The quantitative estimate of drug-likeness (QED) is 0.530. The molecule has 0 amide bonds. The van der Waals surface area contributed by atoms with Gasteiger partial charge >= 0.3 is 0 Å². The van der Waals surface area contributed by atoms with E-state index in [4.69, 9.17) is 0 Å². The molecule has 2 aromatic carbocycles. The predicted molar refractivity (Wildman–Crippen MR) is 66.1 cm³/mol. The summed E-state index contributed by atoms with van der Waals surface area (Å²) in [7, 11) is 0. The van der Waals surface area contributed by atoms with Crippen molar-refractivity contribution in [3.63, 3.8) is 0 Å². The molecule has 0 aliphatic carbocycles. The van der Waals surface area contributed by atoms with Crippen molar-refractivity contribution in [1.29, 1.82) is 0 Å². The average molecular weight is 485 g/mol. The SMILES string of the molecule is Cc1cc(C)cc(-c2ccccc2C)c1.[Re].[Rh]. The van der Waals surface area contributed by atoms with Gasteiger partial charge in [-0.15, -0.1) is 0 Å². The molecule has 0 aromatic heterocycles. The van der Waals surface area contributed by atoms with Gasteiger partial charge in [0.15, 0.2) is 0 Å². The molecule has 2 radical (unpaired) electrons. The fourth-order valence-corrected chi connectivity index (χ4v) is 2.03. The maximum atomic E-state index is 2.25. The minimum absolute atomic E-state index is 0. The molecule has 0 bridgehead atoms. The van der Waals surface area contributed by atoms with Crippen LogP contribution in [-0.2, 0) is 39.9 Å². The van der Waals surface area contributed by atoms with Crippen molar-refractivity contribution in [1.82, 2.24) is 0 Å². The summed E-state index contributed by atoms with van der Waals surface area (Å²) >= 11 is 0. The minimum atomic E-state index is 0. The third-order valence-corrected chi connectivity index (χ3v) is 2.68. The first-order valence-corrected chi connectivity index (χ1v) is 5.31. The van der Waals surface area contributed by atoms with E-state index < -0.39 is 0 Å². The second-order valence-corrected chi connectivity index (χ2v) is 4.19. The maximum absolute atomic E-state index is 2.25. The van der Waals surface area contributed by atoms with Crippen molar-refractivity contribution in [2.24, 2.45) is 0 Å². The van der Waals surface area contributed by atoms with Crippen LogP contribution in [-0.4, -0.2) is 0 Å². The van der Waals surface area contributed by atoms with Crippen LogP contribution >= 0.6 is 0 Å². The van der Waals surface area contributed by atoms with Crippen LogP contribution in [0.2, 0.25) is 0 Å². The van der Waals surface area contributed by atoms with Crippen molar-refractivity contribution in [3.8, 4) is 11.1 Å². The Balaban J connectivity index is 0.00000128. The van der Waals surface area contributed by atoms with E-state index in [1.54, 1.807) is 0 Å². The van der Waals surface area contributed by atoms with Gasteiger partial charge in [0.1, 0.15) is 0 Å². The second-order valence-electron chi connectivity index (χ2n) is 4.19. The molecule has 0 fully saturated rings. The molecule has 0 unspecified atom stereocenters. The number of benzene rings is 2. The molecule has 0 saturated carbocycles. The Bertz CT molecular complexity index is 472. The Hall–Kier alpha value is -0.274. The van der Waals surface area contributed by atoms with Crippen molar-refractivity contribution >= 4 is 0 Å². The summed E-state index contributed by atoms with van der Waals surface area (Å²) in [5.41, 5.74) is 6.65. The number of hydrogen-bond acceptors (Lipinski definition) is 0. The summed E-state index contributed by atoms with van der Waals surface area (Å²) in [6.07, 6.45) is 0. The molecule has 0 N–H and O–H groups in total. The van der Waals surface area contributed by atoms with Gasteiger partial charge in [-0.25, -0.2) is 0 Å². The summed E-state index contributed by atoms with van der Waals surface area (Å²) < 4.78 is 0. The zero-order valence-corrected chi connectivity index (χ0v) is 14.6. The summed E-state index contributed by atoms with van der Waals surface area (Å²) in [6, 6.07) is 15.2. The topological polar surface area (TPSA) is 0 Å². The van der Waals surface area contributed by atoms with Gasteiger partial charge in [0.2, 0.25) is 0 Å². The molecule has 92 valence electrons. The molecule has 0 heterocycles. The summed E-state index contributed by atoms with van der Waals surface area (Å²) in [5.74, 6) is 0. The van der Waals surface area contributed by atoms with Gasteiger partial charge in [0.25, 0.3) is 0 Å². The van der Waals surface area contributed by atoms with Gasteiger partial charge < -0.3 is 0 Å². The molecule has 0 atom stereocenters. The standard InChI is InChI=1S/C15H16.Re.Rh/c1-11-8-12(2)10-14(9-11)15-7-5-4-6-13(15)3;;/h4-10H,1-3H3;;. The number of aryl methyl sites for hydroxylation is 3. The molecular formula is C15H16ReRh. The van der Waals surface area contributed by atoms with Crippen molar-refractivity contribution < 1.29 is 39.9 Å². The third-order valence-electron chi connectivity index (χ3n) is 2.68. The molecule has 17 heavy (non-hydrogen) atoms. The summed E-state index contributed by atoms with van der Waals surface area (Å²) in [6.45, 7) is 6.45. The minimum Gasteiger partial charge on any atom is -0.0620 e. The van der Waals surface area contributed by atoms with Crippen molar-refractivity contribution in [2.75, 3.05) is 0 Å². The van der Waals surface area contributed by atoms with E-state index in [2.05, 4.69) is 63.2 Å². The van der Waals surface area contributed by atoms with E-state index in [-0.39, 0.29) is 39.9 Å². The third kappa shape index (κ3) is 4.15. The predicted octanol–water partition coefficient (Wildman–Crippen LogP) is 4.27. The first kappa shape index (κ1) is 16.7. The van der Waals surface area contributed by atoms with Gasteiger partial charge in [-0.2, -0.15) is 0 Å². The second kappa shape index (κ2) is 7.22. The maximum Gasteiger partial charge on any atom is 0 e. The van der Waals surface area contributed by atoms with Crippen LogP contribution in [0.5, 0.6) is 0 Å². The Morgan fingerprint density at radius 1 is 0.765 bits per heavy atom. The van der Waals surface area contributed by atoms with E-state index in [1.807, 2.05) is 0 Å². The zero-order chi connectivity index (χ0) is 10.8. The molecule has 0 aliphatic heterocycles. The number of rotatable bonds is 1. The molecule has 0 saturated heterocycles. The molecule has 0 nitrogen and oxygen atoms in total. The normalized spacial score (nSPS) is 9.12. The van der Waals surface area contributed by atoms with Crippen LogP contribution < -0.4 is 0 Å². The fraction of sp³-hybridized carbons (Fsp3) is 0.200. The van der Waals surface area contributed by atoms with Crippen LogP contribution in [0, 0.1) is 20.8 Å². The monoisotopic (exact) mass is 486 g/mol. The van der Waals surface area contributed by atoms with E-state index >= 15 is 0 Å². The first-order valence-electron chi connectivity index (χ1n) is 5.31. The van der Waals surface area contributed by atoms with Crippen LogP contribution in [0.25, 0.3) is 11.1 Å². The molecule has 2 rings (SSSR count). The fourth-order valence-electron chi connectivity index (χ4n) is 2.03. The van der Waals surface area contributed by atoms with Crippen LogP contribution in [0.3, 0.4) is 0 Å². The van der Waals surface area contributed by atoms with Gasteiger partial charge in [-0.3, -0.25) is 0 Å². The van der Waals surface area contributed by atoms with Crippen LogP contribution in [0.4, 0.5) is 0 Å². The van der Waals surface area contributed by atoms with E-state index in [9.17, 15) is 0 Å². The van der Waals surface area contributed by atoms with Gasteiger partial charge in [0.05, 0.1) is 0 Å². The van der Waals surface area contributed by atoms with Gasteiger partial charge in [-0.05, 0) is 37.5 Å². The molecule has 2 heteroatoms. The summed E-state index contributed by atoms with van der Waals surface area (Å²) in [4.78, 5) is 0. The first-order chi connectivity index (χ1) is 7.16. The largest absolute Gasteiger partial charge is 0.0620 e. The van der Waals surface area contributed by atoms with Gasteiger partial charge in [-0.1, -0.05) is 53.6 Å². The molecule has 0 aliphatic rings. The van der Waals surface area contributed by atoms with E-state index in [0.717, 1.165) is 0 Å². The smallest absolute Gasteiger partial charge is 0 e. The van der Waals surface area contributed by atoms with Crippen LogP contribution in [0.15, 0.2) is 42.5 Å². The van der Waals surface area contributed by atoms with Crippen molar-refractivity contribution in [3.05, 3.63) is 59.2 Å². The van der Waals surface area contributed by atoms with E-state index in [0.29, 0.717) is 0 Å². The number of hydrogen-bond donors (Lipinski definition) is 0. The van der Waals surface area contributed by atoms with Crippen molar-refractivity contribution in [2.45, 2.75) is 20.8 Å². The summed E-state index contributed by atoms with van der Waals surface area (Å²) in [5, 5.41) is 0. The van der Waals surface area contributed by atoms with Crippen LogP contribution in [0.1, 0.15) is 16.7 Å². The zero-order valence-electron chi connectivity index (χ0n) is 10.3. The Morgan fingerprint density at radius 3 is 1.82 bits per heavy atom. The Kier molecular flexibility index (Phi) is 7.11. The molecule has 2 aromatic rings. The van der Waals surface area contributed by atoms with E-state index in [1.165, 1.54) is 27.8 Å². The Labute approximate surface area is 130 Å². The average Bonchev–Trinajstić information content (AvgIpc) is 2.16. The van der Waals surface area contributed by atoms with Gasteiger partial charge in [0, 0.05) is 39.9 Å². The molecular weight excluding hydrogens is 469 g/mol.